The van der Waals surface area contributed by atoms with Gasteiger partial charge in [0.15, 0.2) is 0 Å². The van der Waals surface area contributed by atoms with Crippen molar-refractivity contribution >= 4 is 17.9 Å². The number of carbonyl (C=O) groups is 2. The zero-order valence-corrected chi connectivity index (χ0v) is 37.4. The number of hydrogen-bond acceptors (Lipinski definition) is 10. The highest BCUT2D eigenvalue weighted by Crippen LogP contribution is 2.62. The van der Waals surface area contributed by atoms with Crippen LogP contribution in [0.3, 0.4) is 0 Å². The van der Waals surface area contributed by atoms with Crippen molar-refractivity contribution in [1.82, 2.24) is 10.2 Å². The molecule has 6 unspecified atom stereocenters. The molecule has 344 valence electrons. The number of nitrogens with one attached hydrogen (secondary N) is 1. The summed E-state index contributed by atoms with van der Waals surface area (Å²) in [4.78, 5) is 35.9. The predicted molar refractivity (Wildman–Crippen MR) is 249 cm³/mol. The standard InChI is InChI=1S/C53H63N3O9/c1-3-28-56(52(60)61-36-39-20-10-6-11-21-39)48-34-46(55-63-37-40-22-12-7-13-23-40)44-32-41(24-14-16-29-57)43(25-15-17-30-58)49-45-33-42(64-51(59)54-35-38-18-8-5-9-19-38)26-27-47(45)65-53(48,50(44)49)62-31-4-2/h4-13,18-23,26-27,32-33,41,43,48-50,57-58H,2-3,14-17,24-25,28-31,34-37H2,1H3,(H,54,59). The number of oxime groups is 1. The molecule has 0 bridgehead atoms. The summed E-state index contributed by atoms with van der Waals surface area (Å²) in [7, 11) is 0. The first-order valence-electron chi connectivity index (χ1n) is 23.1. The maximum atomic E-state index is 14.6. The van der Waals surface area contributed by atoms with Gasteiger partial charge >= 0.3 is 12.2 Å². The second-order valence-electron chi connectivity index (χ2n) is 17.0. The summed E-state index contributed by atoms with van der Waals surface area (Å²) in [5.41, 5.74) is 5.18. The van der Waals surface area contributed by atoms with Crippen LogP contribution in [-0.4, -0.2) is 71.2 Å². The molecule has 65 heavy (non-hydrogen) atoms. The van der Waals surface area contributed by atoms with E-state index < -0.39 is 29.9 Å². The van der Waals surface area contributed by atoms with Gasteiger partial charge in [0.2, 0.25) is 5.79 Å². The van der Waals surface area contributed by atoms with E-state index in [1.54, 1.807) is 17.0 Å². The molecule has 0 radical (unpaired) electrons. The van der Waals surface area contributed by atoms with Crippen molar-refractivity contribution in [1.29, 1.82) is 0 Å². The van der Waals surface area contributed by atoms with E-state index in [0.29, 0.717) is 49.6 Å². The number of carbonyl (C=O) groups excluding carboxylic acids is 2. The van der Waals surface area contributed by atoms with Crippen LogP contribution in [-0.2, 0) is 34.1 Å². The van der Waals surface area contributed by atoms with Crippen LogP contribution in [0, 0.1) is 17.8 Å². The Balaban J connectivity index is 1.37. The third-order valence-corrected chi connectivity index (χ3v) is 12.7. The Hall–Kier alpha value is -5.95. The Kier molecular flexibility index (Phi) is 16.9. The van der Waals surface area contributed by atoms with Gasteiger partial charge in [-0.05, 0) is 84.4 Å². The summed E-state index contributed by atoms with van der Waals surface area (Å²) < 4.78 is 26.5. The molecule has 4 aromatic carbocycles. The van der Waals surface area contributed by atoms with Gasteiger partial charge in [-0.2, -0.15) is 0 Å². The van der Waals surface area contributed by atoms with Crippen molar-refractivity contribution in [3.8, 4) is 11.5 Å². The van der Waals surface area contributed by atoms with E-state index in [-0.39, 0.29) is 57.2 Å². The minimum atomic E-state index is -1.46. The number of hydrogen-bond donors (Lipinski definition) is 3. The lowest BCUT2D eigenvalue weighted by atomic mass is 9.55. The SMILES string of the molecule is C=CCOC12Oc3ccc(OC(=O)NCc4ccccc4)cc3C3C(CCCCO)C(CCCCO)C=C(C(=NOCc4ccccc4)CC1N(CCC)C(=O)OCc1ccccc1)C32. The first-order chi connectivity index (χ1) is 31.9. The second kappa shape index (κ2) is 23.3. The number of amides is 2. The molecule has 3 N–H and O–H groups in total. The molecular formula is C53H63N3O9. The second-order valence-corrected chi connectivity index (χ2v) is 17.0. The lowest BCUT2D eigenvalue weighted by molar-refractivity contribution is -0.255. The molecule has 1 fully saturated rings. The van der Waals surface area contributed by atoms with Crippen molar-refractivity contribution in [2.75, 3.05) is 26.4 Å². The topological polar surface area (TPSA) is 148 Å². The van der Waals surface area contributed by atoms with Crippen LogP contribution in [0.25, 0.3) is 0 Å². The van der Waals surface area contributed by atoms with Crippen LogP contribution < -0.4 is 14.8 Å². The lowest BCUT2D eigenvalue weighted by Gasteiger charge is -2.59. The lowest BCUT2D eigenvalue weighted by Crippen LogP contribution is -2.70. The minimum absolute atomic E-state index is 0.0135. The Morgan fingerprint density at radius 1 is 0.877 bits per heavy atom. The monoisotopic (exact) mass is 885 g/mol. The summed E-state index contributed by atoms with van der Waals surface area (Å²) in [5.74, 6) is -1.39. The van der Waals surface area contributed by atoms with E-state index >= 15 is 0 Å². The maximum absolute atomic E-state index is 14.6. The summed E-state index contributed by atoms with van der Waals surface area (Å²) in [6.45, 7) is 7.29. The van der Waals surface area contributed by atoms with Gasteiger partial charge in [-0.15, -0.1) is 6.58 Å². The van der Waals surface area contributed by atoms with E-state index in [9.17, 15) is 19.8 Å². The normalized spacial score (nSPS) is 22.4. The van der Waals surface area contributed by atoms with Crippen molar-refractivity contribution in [2.24, 2.45) is 22.9 Å². The molecule has 0 saturated heterocycles. The van der Waals surface area contributed by atoms with E-state index in [0.717, 1.165) is 53.5 Å². The molecule has 7 rings (SSSR count). The zero-order valence-electron chi connectivity index (χ0n) is 37.4. The fraction of sp³-hybridized carbons (Fsp3) is 0.415. The number of rotatable bonds is 22. The largest absolute Gasteiger partial charge is 0.459 e. The highest BCUT2D eigenvalue weighted by molar-refractivity contribution is 6.03. The molecule has 12 heteroatoms. The third kappa shape index (κ3) is 11.5. The molecule has 4 aromatic rings. The molecule has 1 saturated carbocycles. The molecule has 1 heterocycles. The fourth-order valence-corrected chi connectivity index (χ4v) is 9.80. The van der Waals surface area contributed by atoms with Gasteiger partial charge in [-0.25, -0.2) is 9.59 Å². The quantitative estimate of drug-likeness (QED) is 0.0399. The summed E-state index contributed by atoms with van der Waals surface area (Å²) in [6, 6.07) is 33.8. The highest BCUT2D eigenvalue weighted by Gasteiger charge is 2.65. The number of allylic oxidation sites excluding steroid dienone is 1. The average Bonchev–Trinajstić information content (AvgIpc) is 3.33. The van der Waals surface area contributed by atoms with E-state index in [1.807, 2.05) is 110 Å². The molecule has 2 aliphatic carbocycles. The number of aliphatic hydroxyl groups is 2. The Bertz CT molecular complexity index is 2220. The first-order valence-corrected chi connectivity index (χ1v) is 23.1. The van der Waals surface area contributed by atoms with Crippen molar-refractivity contribution in [3.63, 3.8) is 0 Å². The van der Waals surface area contributed by atoms with Gasteiger partial charge in [0.25, 0.3) is 0 Å². The Morgan fingerprint density at radius 3 is 2.20 bits per heavy atom. The van der Waals surface area contributed by atoms with Gasteiger partial charge in [-0.3, -0.25) is 4.90 Å². The number of nitrogens with zero attached hydrogens (tertiary/aromatic N) is 2. The number of benzene rings is 4. The summed E-state index contributed by atoms with van der Waals surface area (Å²) in [5, 5.41) is 27.7. The van der Waals surface area contributed by atoms with Gasteiger partial charge in [-0.1, -0.05) is 128 Å². The van der Waals surface area contributed by atoms with Crippen LogP contribution in [0.1, 0.15) is 86.5 Å². The van der Waals surface area contributed by atoms with Crippen LogP contribution >= 0.6 is 0 Å². The summed E-state index contributed by atoms with van der Waals surface area (Å²) >= 11 is 0. The predicted octanol–water partition coefficient (Wildman–Crippen LogP) is 9.86. The van der Waals surface area contributed by atoms with E-state index in [4.69, 9.17) is 28.9 Å². The number of ether oxygens (including phenoxy) is 4. The molecule has 0 spiro atoms. The minimum Gasteiger partial charge on any atom is -0.459 e. The third-order valence-electron chi connectivity index (χ3n) is 12.7. The van der Waals surface area contributed by atoms with Crippen LogP contribution in [0.15, 0.2) is 139 Å². The van der Waals surface area contributed by atoms with Gasteiger partial charge < -0.3 is 39.3 Å². The number of aliphatic hydroxyl groups excluding tert-OH is 2. The average molecular weight is 886 g/mol. The maximum Gasteiger partial charge on any atom is 0.412 e. The van der Waals surface area contributed by atoms with E-state index in [2.05, 4.69) is 18.0 Å². The first kappa shape index (κ1) is 47.0. The molecule has 2 amide bonds. The molecule has 3 aliphatic rings. The van der Waals surface area contributed by atoms with Gasteiger partial charge in [0.1, 0.15) is 30.8 Å². The van der Waals surface area contributed by atoms with Crippen LogP contribution in [0.4, 0.5) is 9.59 Å². The van der Waals surface area contributed by atoms with Crippen molar-refractivity contribution in [2.45, 2.75) is 95.8 Å². The number of fused-ring (bicyclic) bond motifs is 2. The van der Waals surface area contributed by atoms with Gasteiger partial charge in [0, 0.05) is 44.2 Å². The van der Waals surface area contributed by atoms with E-state index in [1.165, 1.54) is 0 Å². The Labute approximate surface area is 382 Å². The molecule has 0 aromatic heterocycles. The molecule has 6 atom stereocenters. The van der Waals surface area contributed by atoms with Crippen LogP contribution in [0.5, 0.6) is 11.5 Å². The summed E-state index contributed by atoms with van der Waals surface area (Å²) in [6.07, 6.45) is 8.14. The number of unbranched alkanes of at least 4 members (excludes halogenated alkanes) is 2. The van der Waals surface area contributed by atoms with Crippen molar-refractivity contribution < 1.29 is 43.6 Å². The van der Waals surface area contributed by atoms with Crippen LogP contribution in [0.2, 0.25) is 0 Å². The highest BCUT2D eigenvalue weighted by atomic mass is 16.7. The van der Waals surface area contributed by atoms with Crippen molar-refractivity contribution in [3.05, 3.63) is 156 Å². The van der Waals surface area contributed by atoms with Gasteiger partial charge in [0.05, 0.1) is 18.2 Å². The zero-order chi connectivity index (χ0) is 45.4. The fourth-order valence-electron chi connectivity index (χ4n) is 9.80. The Morgan fingerprint density at radius 2 is 1.54 bits per heavy atom. The molecular weight excluding hydrogens is 823 g/mol. The molecule has 12 nitrogen and oxygen atoms in total. The molecule has 1 aliphatic heterocycles. The smallest absolute Gasteiger partial charge is 0.412 e.